The number of amides is 2. The smallest absolute Gasteiger partial charge is 0.251 e. The highest BCUT2D eigenvalue weighted by atomic mass is 32.2. The average Bonchev–Trinajstić information content (AvgIpc) is 3.31. The number of nitrogens with zero attached hydrogens (tertiary/aromatic N) is 2. The summed E-state index contributed by atoms with van der Waals surface area (Å²) in [6.07, 6.45) is 0.758. The van der Waals surface area contributed by atoms with Crippen LogP contribution in [0.3, 0.4) is 0 Å². The van der Waals surface area contributed by atoms with Crippen LogP contribution in [0.15, 0.2) is 24.3 Å². The van der Waals surface area contributed by atoms with E-state index < -0.39 is 0 Å². The highest BCUT2D eigenvalue weighted by molar-refractivity contribution is 7.99. The Morgan fingerprint density at radius 3 is 2.83 bits per heavy atom. The first-order chi connectivity index (χ1) is 11.7. The third-order valence-electron chi connectivity index (χ3n) is 4.41. The average molecular weight is 344 g/mol. The number of carbonyl (C=O) groups is 2. The summed E-state index contributed by atoms with van der Waals surface area (Å²) in [6.45, 7) is 2.12. The minimum atomic E-state index is -0.148. The largest absolute Gasteiger partial charge is 0.352 e. The fraction of sp³-hybridized carbons (Fsp3) is 0.471. The van der Waals surface area contributed by atoms with Crippen molar-refractivity contribution in [1.82, 2.24) is 15.5 Å². The van der Waals surface area contributed by atoms with Crippen LogP contribution in [0, 0.1) is 17.2 Å². The molecule has 0 aliphatic carbocycles. The van der Waals surface area contributed by atoms with Crippen molar-refractivity contribution in [3.8, 4) is 6.07 Å². The SMILES string of the molecule is N#Cc1ccc(C(=O)NCC2CNC(C(=O)N3CCSC3)C2)cc1. The lowest BCUT2D eigenvalue weighted by Gasteiger charge is -2.19. The summed E-state index contributed by atoms with van der Waals surface area (Å²) in [6, 6.07) is 8.48. The van der Waals surface area contributed by atoms with E-state index in [1.54, 1.807) is 36.0 Å². The van der Waals surface area contributed by atoms with Gasteiger partial charge in [-0.05, 0) is 36.6 Å². The summed E-state index contributed by atoms with van der Waals surface area (Å²) in [7, 11) is 0. The van der Waals surface area contributed by atoms with Crippen molar-refractivity contribution < 1.29 is 9.59 Å². The van der Waals surface area contributed by atoms with Gasteiger partial charge in [0, 0.05) is 31.0 Å². The van der Waals surface area contributed by atoms with E-state index in [1.807, 2.05) is 11.0 Å². The van der Waals surface area contributed by atoms with Crippen molar-refractivity contribution in [3.05, 3.63) is 35.4 Å². The van der Waals surface area contributed by atoms with Crippen molar-refractivity contribution >= 4 is 23.6 Å². The molecule has 2 heterocycles. The first-order valence-corrected chi connectivity index (χ1v) is 9.21. The molecular weight excluding hydrogens is 324 g/mol. The molecule has 0 bridgehead atoms. The number of hydrogen-bond acceptors (Lipinski definition) is 5. The second kappa shape index (κ2) is 7.69. The molecule has 24 heavy (non-hydrogen) atoms. The minimum absolute atomic E-state index is 0.125. The lowest BCUT2D eigenvalue weighted by atomic mass is 10.0. The monoisotopic (exact) mass is 344 g/mol. The summed E-state index contributed by atoms with van der Waals surface area (Å²) in [5, 5.41) is 15.0. The molecule has 2 atom stereocenters. The second-order valence-corrected chi connectivity index (χ2v) is 7.18. The van der Waals surface area contributed by atoms with Crippen LogP contribution in [0.2, 0.25) is 0 Å². The van der Waals surface area contributed by atoms with Crippen LogP contribution in [-0.2, 0) is 4.79 Å². The highest BCUT2D eigenvalue weighted by Gasteiger charge is 2.33. The molecule has 2 amide bonds. The van der Waals surface area contributed by atoms with Gasteiger partial charge in [-0.15, -0.1) is 11.8 Å². The van der Waals surface area contributed by atoms with Crippen LogP contribution >= 0.6 is 11.8 Å². The van der Waals surface area contributed by atoms with Crippen LogP contribution < -0.4 is 10.6 Å². The highest BCUT2D eigenvalue weighted by Crippen LogP contribution is 2.20. The Kier molecular flexibility index (Phi) is 5.38. The lowest BCUT2D eigenvalue weighted by Crippen LogP contribution is -2.42. The molecule has 1 aromatic carbocycles. The maximum Gasteiger partial charge on any atom is 0.251 e. The Balaban J connectivity index is 1.46. The first-order valence-electron chi connectivity index (χ1n) is 8.05. The van der Waals surface area contributed by atoms with Gasteiger partial charge in [0.15, 0.2) is 0 Å². The van der Waals surface area contributed by atoms with E-state index >= 15 is 0 Å². The lowest BCUT2D eigenvalue weighted by molar-refractivity contribution is -0.131. The number of nitrogens with one attached hydrogen (secondary N) is 2. The minimum Gasteiger partial charge on any atom is -0.352 e. The van der Waals surface area contributed by atoms with Gasteiger partial charge in [0.1, 0.15) is 0 Å². The molecule has 2 saturated heterocycles. The molecule has 2 aliphatic heterocycles. The molecule has 2 N–H and O–H groups in total. The van der Waals surface area contributed by atoms with Gasteiger partial charge in [-0.25, -0.2) is 0 Å². The Hall–Kier alpha value is -2.04. The van der Waals surface area contributed by atoms with Crippen molar-refractivity contribution in [1.29, 1.82) is 5.26 Å². The van der Waals surface area contributed by atoms with E-state index in [4.69, 9.17) is 5.26 Å². The normalized spacial score (nSPS) is 23.0. The zero-order chi connectivity index (χ0) is 16.9. The quantitative estimate of drug-likeness (QED) is 0.844. The maximum atomic E-state index is 12.3. The summed E-state index contributed by atoms with van der Waals surface area (Å²) in [5.41, 5.74) is 1.08. The molecule has 7 heteroatoms. The number of carbonyl (C=O) groups excluding carboxylic acids is 2. The van der Waals surface area contributed by atoms with E-state index in [0.29, 0.717) is 17.7 Å². The molecule has 126 valence electrons. The van der Waals surface area contributed by atoms with Crippen molar-refractivity contribution in [2.75, 3.05) is 31.3 Å². The van der Waals surface area contributed by atoms with Crippen LogP contribution in [0.4, 0.5) is 0 Å². The number of rotatable bonds is 4. The van der Waals surface area contributed by atoms with Crippen LogP contribution in [0.1, 0.15) is 22.3 Å². The van der Waals surface area contributed by atoms with E-state index in [9.17, 15) is 9.59 Å². The Labute approximate surface area is 145 Å². The first kappa shape index (κ1) is 16.8. The fourth-order valence-corrected chi connectivity index (χ4v) is 3.95. The van der Waals surface area contributed by atoms with Gasteiger partial charge in [-0.1, -0.05) is 0 Å². The second-order valence-electron chi connectivity index (χ2n) is 6.10. The van der Waals surface area contributed by atoms with Gasteiger partial charge in [-0.3, -0.25) is 9.59 Å². The molecule has 0 aromatic heterocycles. The predicted molar refractivity (Wildman–Crippen MR) is 92.4 cm³/mol. The van der Waals surface area contributed by atoms with Crippen LogP contribution in [0.25, 0.3) is 0 Å². The van der Waals surface area contributed by atoms with E-state index in [-0.39, 0.29) is 23.8 Å². The zero-order valence-corrected chi connectivity index (χ0v) is 14.1. The Bertz CT molecular complexity index is 650. The summed E-state index contributed by atoms with van der Waals surface area (Å²) in [4.78, 5) is 26.4. The molecule has 0 radical (unpaired) electrons. The zero-order valence-electron chi connectivity index (χ0n) is 13.3. The molecule has 2 fully saturated rings. The van der Waals surface area contributed by atoms with Gasteiger partial charge in [0.05, 0.1) is 23.6 Å². The molecule has 3 rings (SSSR count). The van der Waals surface area contributed by atoms with Gasteiger partial charge in [0.25, 0.3) is 5.91 Å². The predicted octanol–water partition coefficient (Wildman–Crippen LogP) is 0.799. The van der Waals surface area contributed by atoms with Gasteiger partial charge >= 0.3 is 0 Å². The number of thioether (sulfide) groups is 1. The van der Waals surface area contributed by atoms with E-state index in [1.165, 1.54) is 0 Å². The summed E-state index contributed by atoms with van der Waals surface area (Å²) in [5.74, 6) is 2.10. The standard InChI is InChI=1S/C17H20N4O2S/c18-8-12-1-3-14(4-2-12)16(22)20-10-13-7-15(19-9-13)17(23)21-5-6-24-11-21/h1-4,13,15,19H,5-7,9-11H2,(H,20,22). The molecule has 0 saturated carbocycles. The number of nitriles is 1. The third-order valence-corrected chi connectivity index (χ3v) is 5.38. The molecule has 0 spiro atoms. The summed E-state index contributed by atoms with van der Waals surface area (Å²) < 4.78 is 0. The van der Waals surface area contributed by atoms with Gasteiger partial charge in [0.2, 0.25) is 5.91 Å². The number of hydrogen-bond donors (Lipinski definition) is 2. The molecule has 2 aliphatic rings. The third kappa shape index (κ3) is 3.89. The summed E-state index contributed by atoms with van der Waals surface area (Å²) >= 11 is 1.78. The Morgan fingerprint density at radius 1 is 1.38 bits per heavy atom. The fourth-order valence-electron chi connectivity index (χ4n) is 3.00. The van der Waals surface area contributed by atoms with Crippen molar-refractivity contribution in [2.45, 2.75) is 12.5 Å². The van der Waals surface area contributed by atoms with E-state index in [0.717, 1.165) is 31.1 Å². The van der Waals surface area contributed by atoms with Crippen molar-refractivity contribution in [2.24, 2.45) is 5.92 Å². The molecule has 1 aromatic rings. The van der Waals surface area contributed by atoms with E-state index in [2.05, 4.69) is 10.6 Å². The van der Waals surface area contributed by atoms with Gasteiger partial charge < -0.3 is 15.5 Å². The van der Waals surface area contributed by atoms with Gasteiger partial charge in [-0.2, -0.15) is 5.26 Å². The van der Waals surface area contributed by atoms with Crippen LogP contribution in [0.5, 0.6) is 0 Å². The molecule has 6 nitrogen and oxygen atoms in total. The number of benzene rings is 1. The maximum absolute atomic E-state index is 12.3. The van der Waals surface area contributed by atoms with Crippen molar-refractivity contribution in [3.63, 3.8) is 0 Å². The molecular formula is C17H20N4O2S. The molecule has 2 unspecified atom stereocenters. The Morgan fingerprint density at radius 2 is 2.17 bits per heavy atom. The van der Waals surface area contributed by atoms with Crippen LogP contribution in [-0.4, -0.2) is 54.0 Å². The topological polar surface area (TPSA) is 85.2 Å².